The van der Waals surface area contributed by atoms with Gasteiger partial charge in [-0.25, -0.2) is 9.97 Å². The normalized spacial score (nSPS) is 10.5. The van der Waals surface area contributed by atoms with Gasteiger partial charge in [0.05, 0.1) is 6.61 Å². The van der Waals surface area contributed by atoms with Crippen LogP contribution in [0.25, 0.3) is 6.08 Å². The predicted octanol–water partition coefficient (Wildman–Crippen LogP) is 0.764. The Morgan fingerprint density at radius 2 is 2.20 bits per heavy atom. The molecule has 0 saturated carbocycles. The number of amides is 1. The van der Waals surface area contributed by atoms with Gasteiger partial charge in [-0.3, -0.25) is 4.79 Å². The second kappa shape index (κ2) is 5.74. The van der Waals surface area contributed by atoms with Gasteiger partial charge in [-0.1, -0.05) is 12.2 Å². The van der Waals surface area contributed by atoms with Gasteiger partial charge < -0.3 is 10.5 Å². The van der Waals surface area contributed by atoms with E-state index in [0.717, 1.165) is 5.56 Å². The van der Waals surface area contributed by atoms with E-state index in [-0.39, 0.29) is 12.3 Å². The van der Waals surface area contributed by atoms with Crippen LogP contribution in [0.5, 0.6) is 6.01 Å². The highest BCUT2D eigenvalue weighted by Crippen LogP contribution is 2.04. The highest BCUT2D eigenvalue weighted by molar-refractivity contribution is 5.76. The Bertz CT molecular complexity index is 346. The van der Waals surface area contributed by atoms with Crippen molar-refractivity contribution in [2.24, 2.45) is 5.73 Å². The molecule has 0 unspecified atom stereocenters. The highest BCUT2D eigenvalue weighted by atomic mass is 16.5. The molecule has 0 spiro atoms. The SMILES string of the molecule is CCOc1ncc(C=CCC(N)=O)cn1. The first-order valence-corrected chi connectivity index (χ1v) is 4.62. The first-order chi connectivity index (χ1) is 7.22. The number of primary amides is 1. The van der Waals surface area contributed by atoms with Crippen LogP contribution in [0.1, 0.15) is 18.9 Å². The minimum absolute atomic E-state index is 0.215. The molecule has 1 aromatic heterocycles. The molecule has 15 heavy (non-hydrogen) atoms. The summed E-state index contributed by atoms with van der Waals surface area (Å²) in [5, 5.41) is 0. The van der Waals surface area contributed by atoms with Crippen molar-refractivity contribution in [2.75, 3.05) is 6.61 Å². The molecule has 0 aliphatic rings. The molecule has 5 heteroatoms. The Labute approximate surface area is 88.0 Å². The number of nitrogens with two attached hydrogens (primary N) is 1. The van der Waals surface area contributed by atoms with E-state index in [4.69, 9.17) is 10.5 Å². The van der Waals surface area contributed by atoms with Crippen molar-refractivity contribution in [1.82, 2.24) is 9.97 Å². The zero-order valence-electron chi connectivity index (χ0n) is 8.51. The molecule has 0 atom stereocenters. The number of carbonyl (C=O) groups excluding carboxylic acids is 1. The van der Waals surface area contributed by atoms with Crippen molar-refractivity contribution in [3.05, 3.63) is 24.0 Å². The van der Waals surface area contributed by atoms with Crippen LogP contribution < -0.4 is 10.5 Å². The lowest BCUT2D eigenvalue weighted by molar-refractivity contribution is -0.117. The average Bonchev–Trinajstić information content (AvgIpc) is 2.20. The number of rotatable bonds is 5. The molecular formula is C10H13N3O2. The van der Waals surface area contributed by atoms with Crippen LogP contribution in [-0.2, 0) is 4.79 Å². The number of nitrogens with zero attached hydrogens (tertiary/aromatic N) is 2. The fourth-order valence-electron chi connectivity index (χ4n) is 0.927. The lowest BCUT2D eigenvalue weighted by atomic mass is 10.3. The van der Waals surface area contributed by atoms with Crippen LogP contribution >= 0.6 is 0 Å². The smallest absolute Gasteiger partial charge is 0.316 e. The maximum atomic E-state index is 10.4. The minimum Gasteiger partial charge on any atom is -0.464 e. The topological polar surface area (TPSA) is 78.1 Å². The number of aromatic nitrogens is 2. The van der Waals surface area contributed by atoms with Gasteiger partial charge in [0, 0.05) is 24.4 Å². The van der Waals surface area contributed by atoms with Crippen LogP contribution in [0.15, 0.2) is 18.5 Å². The van der Waals surface area contributed by atoms with Crippen LogP contribution in [-0.4, -0.2) is 22.5 Å². The highest BCUT2D eigenvalue weighted by Gasteiger charge is 1.94. The monoisotopic (exact) mass is 207 g/mol. The maximum absolute atomic E-state index is 10.4. The molecule has 80 valence electrons. The summed E-state index contributed by atoms with van der Waals surface area (Å²) in [5.41, 5.74) is 5.78. The third kappa shape index (κ3) is 4.21. The van der Waals surface area contributed by atoms with E-state index in [1.807, 2.05) is 6.92 Å². The van der Waals surface area contributed by atoms with E-state index in [9.17, 15) is 4.79 Å². The van der Waals surface area contributed by atoms with E-state index in [0.29, 0.717) is 12.6 Å². The van der Waals surface area contributed by atoms with Crippen molar-refractivity contribution in [1.29, 1.82) is 0 Å². The molecule has 0 saturated heterocycles. The quantitative estimate of drug-likeness (QED) is 0.773. The molecule has 1 aromatic rings. The van der Waals surface area contributed by atoms with E-state index in [1.54, 1.807) is 24.5 Å². The van der Waals surface area contributed by atoms with E-state index in [2.05, 4.69) is 9.97 Å². The largest absolute Gasteiger partial charge is 0.464 e. The minimum atomic E-state index is -0.363. The van der Waals surface area contributed by atoms with Gasteiger partial charge >= 0.3 is 6.01 Å². The molecule has 1 rings (SSSR count). The summed E-state index contributed by atoms with van der Waals surface area (Å²) in [6, 6.07) is 0.351. The molecule has 1 heterocycles. The Morgan fingerprint density at radius 1 is 1.53 bits per heavy atom. The molecule has 2 N–H and O–H groups in total. The Kier molecular flexibility index (Phi) is 4.28. The summed E-state index contributed by atoms with van der Waals surface area (Å²) in [4.78, 5) is 18.4. The fraction of sp³-hybridized carbons (Fsp3) is 0.300. The molecule has 5 nitrogen and oxygen atoms in total. The van der Waals surface area contributed by atoms with Crippen molar-refractivity contribution in [3.63, 3.8) is 0 Å². The summed E-state index contributed by atoms with van der Waals surface area (Å²) in [6.07, 6.45) is 6.86. The standard InChI is InChI=1S/C10H13N3O2/c1-2-15-10-12-6-8(7-13-10)4-3-5-9(11)14/h3-4,6-7H,2,5H2,1H3,(H2,11,14). The van der Waals surface area contributed by atoms with Crippen LogP contribution in [0.3, 0.4) is 0 Å². The molecule has 0 aliphatic heterocycles. The van der Waals surface area contributed by atoms with Gasteiger partial charge in [0.2, 0.25) is 5.91 Å². The Morgan fingerprint density at radius 3 is 2.73 bits per heavy atom. The summed E-state index contributed by atoms with van der Waals surface area (Å²) in [6.45, 7) is 2.40. The lowest BCUT2D eigenvalue weighted by Crippen LogP contribution is -2.07. The van der Waals surface area contributed by atoms with Crippen molar-refractivity contribution >= 4 is 12.0 Å². The van der Waals surface area contributed by atoms with Gasteiger partial charge in [-0.15, -0.1) is 0 Å². The second-order valence-corrected chi connectivity index (χ2v) is 2.80. The van der Waals surface area contributed by atoms with Crippen molar-refractivity contribution in [2.45, 2.75) is 13.3 Å². The van der Waals surface area contributed by atoms with E-state index >= 15 is 0 Å². The summed E-state index contributed by atoms with van der Waals surface area (Å²) in [7, 11) is 0. The number of hydrogen-bond donors (Lipinski definition) is 1. The Hall–Kier alpha value is -1.91. The second-order valence-electron chi connectivity index (χ2n) is 2.80. The predicted molar refractivity (Wildman–Crippen MR) is 56.0 cm³/mol. The summed E-state index contributed by atoms with van der Waals surface area (Å²) in [5.74, 6) is -0.363. The van der Waals surface area contributed by atoms with Gasteiger partial charge in [0.1, 0.15) is 0 Å². The number of ether oxygens (including phenoxy) is 1. The average molecular weight is 207 g/mol. The van der Waals surface area contributed by atoms with Crippen molar-refractivity contribution in [3.8, 4) is 6.01 Å². The van der Waals surface area contributed by atoms with Crippen LogP contribution in [0, 0.1) is 0 Å². The molecule has 0 aliphatic carbocycles. The summed E-state index contributed by atoms with van der Waals surface area (Å²) >= 11 is 0. The van der Waals surface area contributed by atoms with Gasteiger partial charge in [0.15, 0.2) is 0 Å². The molecule has 0 aromatic carbocycles. The van der Waals surface area contributed by atoms with Gasteiger partial charge in [0.25, 0.3) is 0 Å². The number of hydrogen-bond acceptors (Lipinski definition) is 4. The third-order valence-electron chi connectivity index (χ3n) is 1.55. The molecular weight excluding hydrogens is 194 g/mol. The van der Waals surface area contributed by atoms with Gasteiger partial charge in [-0.05, 0) is 6.92 Å². The van der Waals surface area contributed by atoms with Gasteiger partial charge in [-0.2, -0.15) is 0 Å². The first-order valence-electron chi connectivity index (χ1n) is 4.62. The zero-order chi connectivity index (χ0) is 11.1. The molecule has 0 fully saturated rings. The maximum Gasteiger partial charge on any atom is 0.316 e. The fourth-order valence-corrected chi connectivity index (χ4v) is 0.927. The van der Waals surface area contributed by atoms with E-state index < -0.39 is 0 Å². The van der Waals surface area contributed by atoms with Crippen LogP contribution in [0.2, 0.25) is 0 Å². The summed E-state index contributed by atoms with van der Waals surface area (Å²) < 4.78 is 5.08. The van der Waals surface area contributed by atoms with Crippen LogP contribution in [0.4, 0.5) is 0 Å². The third-order valence-corrected chi connectivity index (χ3v) is 1.55. The first kappa shape index (κ1) is 11.2. The lowest BCUT2D eigenvalue weighted by Gasteiger charge is -1.99. The number of carbonyl (C=O) groups is 1. The molecule has 0 radical (unpaired) electrons. The van der Waals surface area contributed by atoms with E-state index in [1.165, 1.54) is 0 Å². The molecule has 1 amide bonds. The zero-order valence-corrected chi connectivity index (χ0v) is 8.51. The Balaban J connectivity index is 2.56. The molecule has 0 bridgehead atoms. The van der Waals surface area contributed by atoms with Crippen molar-refractivity contribution < 1.29 is 9.53 Å².